The van der Waals surface area contributed by atoms with Crippen LogP contribution in [-0.2, 0) is 9.59 Å². The molecule has 142 valence electrons. The Morgan fingerprint density at radius 1 is 1.15 bits per heavy atom. The van der Waals surface area contributed by atoms with Crippen LogP contribution in [0.2, 0.25) is 5.02 Å². The molecular formula is C20H21ClN2O4. The van der Waals surface area contributed by atoms with Gasteiger partial charge in [0.15, 0.2) is 18.1 Å². The number of ether oxygens (including phenoxy) is 2. The van der Waals surface area contributed by atoms with Gasteiger partial charge in [0.1, 0.15) is 6.04 Å². The largest absolute Gasteiger partial charge is 0.493 e. The third-order valence-corrected chi connectivity index (χ3v) is 4.66. The number of halogens is 1. The zero-order valence-corrected chi connectivity index (χ0v) is 15.7. The summed E-state index contributed by atoms with van der Waals surface area (Å²) in [5.41, 5.74) is 0.647. The number of carbonyl (C=O) groups excluding carboxylic acids is 2. The van der Waals surface area contributed by atoms with E-state index in [0.717, 1.165) is 6.42 Å². The summed E-state index contributed by atoms with van der Waals surface area (Å²) in [6.07, 6.45) is 1.40. The lowest BCUT2D eigenvalue weighted by atomic mass is 10.2. The minimum absolute atomic E-state index is 0.148. The SMILES string of the molecule is COc1ccccc1OCC(=O)N1CCC[C@@H]1C(=O)Nc1ccc(Cl)cc1. The lowest BCUT2D eigenvalue weighted by Crippen LogP contribution is -2.45. The second kappa shape index (κ2) is 8.77. The maximum Gasteiger partial charge on any atom is 0.261 e. The molecule has 0 aliphatic carbocycles. The second-order valence-electron chi connectivity index (χ2n) is 6.18. The number of methoxy groups -OCH3 is 1. The molecule has 7 heteroatoms. The molecule has 0 saturated carbocycles. The van der Waals surface area contributed by atoms with Gasteiger partial charge in [0.05, 0.1) is 7.11 Å². The summed E-state index contributed by atoms with van der Waals surface area (Å²) in [5, 5.41) is 3.43. The Morgan fingerprint density at radius 2 is 1.85 bits per heavy atom. The fraction of sp³-hybridized carbons (Fsp3) is 0.300. The molecule has 1 fully saturated rings. The van der Waals surface area contributed by atoms with Gasteiger partial charge in [-0.15, -0.1) is 0 Å². The molecule has 0 unspecified atom stereocenters. The lowest BCUT2D eigenvalue weighted by molar-refractivity contribution is -0.138. The van der Waals surface area contributed by atoms with Gasteiger partial charge in [-0.1, -0.05) is 23.7 Å². The zero-order valence-electron chi connectivity index (χ0n) is 15.0. The van der Waals surface area contributed by atoms with E-state index in [4.69, 9.17) is 21.1 Å². The standard InChI is InChI=1S/C20H21ClN2O4/c1-26-17-6-2-3-7-18(17)27-13-19(24)23-12-4-5-16(23)20(25)22-15-10-8-14(21)9-11-15/h2-3,6-11,16H,4-5,12-13H2,1H3,(H,22,25)/t16-/m1/s1. The van der Waals surface area contributed by atoms with Crippen LogP contribution in [0.25, 0.3) is 0 Å². The number of carbonyl (C=O) groups is 2. The quantitative estimate of drug-likeness (QED) is 0.824. The molecule has 1 heterocycles. The summed E-state index contributed by atoms with van der Waals surface area (Å²) < 4.78 is 10.8. The minimum atomic E-state index is -0.505. The first kappa shape index (κ1) is 19.0. The molecule has 27 heavy (non-hydrogen) atoms. The van der Waals surface area contributed by atoms with Crippen molar-refractivity contribution in [2.24, 2.45) is 0 Å². The summed E-state index contributed by atoms with van der Waals surface area (Å²) in [7, 11) is 1.54. The topological polar surface area (TPSA) is 67.9 Å². The fourth-order valence-corrected chi connectivity index (χ4v) is 3.18. The van der Waals surface area contributed by atoms with Crippen LogP contribution in [0.3, 0.4) is 0 Å². The van der Waals surface area contributed by atoms with E-state index in [1.165, 1.54) is 0 Å². The second-order valence-corrected chi connectivity index (χ2v) is 6.62. The number of benzene rings is 2. The molecule has 1 atom stereocenters. The number of likely N-dealkylation sites (tertiary alicyclic amines) is 1. The molecular weight excluding hydrogens is 368 g/mol. The van der Waals surface area contributed by atoms with Crippen LogP contribution in [-0.4, -0.2) is 43.0 Å². The first-order valence-corrected chi connectivity index (χ1v) is 9.08. The molecule has 1 aliphatic rings. The predicted molar refractivity (Wildman–Crippen MR) is 103 cm³/mol. The molecule has 6 nitrogen and oxygen atoms in total. The van der Waals surface area contributed by atoms with E-state index < -0.39 is 6.04 Å². The molecule has 2 amide bonds. The number of nitrogens with one attached hydrogen (secondary N) is 1. The first-order chi connectivity index (χ1) is 13.1. The van der Waals surface area contributed by atoms with E-state index in [0.29, 0.717) is 35.2 Å². The monoisotopic (exact) mass is 388 g/mol. The third kappa shape index (κ3) is 4.71. The fourth-order valence-electron chi connectivity index (χ4n) is 3.06. The maximum atomic E-state index is 12.6. The van der Waals surface area contributed by atoms with Crippen molar-refractivity contribution in [2.45, 2.75) is 18.9 Å². The molecule has 0 aromatic heterocycles. The molecule has 1 aliphatic heterocycles. The van der Waals surface area contributed by atoms with Crippen molar-refractivity contribution in [1.29, 1.82) is 0 Å². The molecule has 2 aromatic carbocycles. The van der Waals surface area contributed by atoms with Crippen molar-refractivity contribution in [3.8, 4) is 11.5 Å². The van der Waals surface area contributed by atoms with Crippen molar-refractivity contribution in [2.75, 3.05) is 25.6 Å². The van der Waals surface area contributed by atoms with Gasteiger partial charge in [0.2, 0.25) is 5.91 Å². The van der Waals surface area contributed by atoms with Gasteiger partial charge in [0, 0.05) is 17.3 Å². The van der Waals surface area contributed by atoms with Gasteiger partial charge in [-0.05, 0) is 49.2 Å². The third-order valence-electron chi connectivity index (χ3n) is 4.41. The molecule has 2 aromatic rings. The highest BCUT2D eigenvalue weighted by molar-refractivity contribution is 6.30. The van der Waals surface area contributed by atoms with Crippen LogP contribution in [0.15, 0.2) is 48.5 Å². The Hall–Kier alpha value is -2.73. The van der Waals surface area contributed by atoms with Crippen LogP contribution < -0.4 is 14.8 Å². The summed E-state index contributed by atoms with van der Waals surface area (Å²) in [6, 6.07) is 13.5. The normalized spacial score (nSPS) is 16.1. The van der Waals surface area contributed by atoms with Crippen LogP contribution in [0, 0.1) is 0 Å². The van der Waals surface area contributed by atoms with Gasteiger partial charge in [0.25, 0.3) is 5.91 Å². The van der Waals surface area contributed by atoms with E-state index in [1.54, 1.807) is 54.5 Å². The van der Waals surface area contributed by atoms with Crippen LogP contribution in [0.1, 0.15) is 12.8 Å². The van der Waals surface area contributed by atoms with Crippen molar-refractivity contribution < 1.29 is 19.1 Å². The highest BCUT2D eigenvalue weighted by atomic mass is 35.5. The van der Waals surface area contributed by atoms with Gasteiger partial charge in [-0.3, -0.25) is 9.59 Å². The van der Waals surface area contributed by atoms with Crippen molar-refractivity contribution in [1.82, 2.24) is 4.90 Å². The molecule has 0 bridgehead atoms. The summed E-state index contributed by atoms with van der Waals surface area (Å²) in [5.74, 6) is 0.619. The smallest absolute Gasteiger partial charge is 0.261 e. The Balaban J connectivity index is 1.60. The molecule has 0 radical (unpaired) electrons. The van der Waals surface area contributed by atoms with E-state index in [2.05, 4.69) is 5.32 Å². The summed E-state index contributed by atoms with van der Waals surface area (Å²) >= 11 is 5.86. The Kier molecular flexibility index (Phi) is 6.19. The van der Waals surface area contributed by atoms with E-state index in [-0.39, 0.29) is 18.4 Å². The molecule has 3 rings (SSSR count). The zero-order chi connectivity index (χ0) is 19.2. The van der Waals surface area contributed by atoms with Crippen molar-refractivity contribution in [3.05, 3.63) is 53.6 Å². The Bertz CT molecular complexity index is 810. The summed E-state index contributed by atoms with van der Waals surface area (Å²) in [4.78, 5) is 26.8. The number of amides is 2. The number of nitrogens with zero attached hydrogens (tertiary/aromatic N) is 1. The number of para-hydroxylation sites is 2. The number of hydrogen-bond donors (Lipinski definition) is 1. The number of rotatable bonds is 6. The van der Waals surface area contributed by atoms with E-state index in [1.807, 2.05) is 6.07 Å². The average molecular weight is 389 g/mol. The van der Waals surface area contributed by atoms with E-state index >= 15 is 0 Å². The highest BCUT2D eigenvalue weighted by Crippen LogP contribution is 2.26. The molecule has 1 N–H and O–H groups in total. The molecule has 1 saturated heterocycles. The highest BCUT2D eigenvalue weighted by Gasteiger charge is 2.34. The molecule has 0 spiro atoms. The van der Waals surface area contributed by atoms with Crippen molar-refractivity contribution in [3.63, 3.8) is 0 Å². The lowest BCUT2D eigenvalue weighted by Gasteiger charge is -2.24. The first-order valence-electron chi connectivity index (χ1n) is 8.70. The van der Waals surface area contributed by atoms with Crippen molar-refractivity contribution >= 4 is 29.1 Å². The Morgan fingerprint density at radius 3 is 2.56 bits per heavy atom. The summed E-state index contributed by atoms with van der Waals surface area (Å²) in [6.45, 7) is 0.387. The Labute approximate surface area is 163 Å². The average Bonchev–Trinajstić information content (AvgIpc) is 3.18. The van der Waals surface area contributed by atoms with Gasteiger partial charge in [-0.25, -0.2) is 0 Å². The predicted octanol–water partition coefficient (Wildman–Crippen LogP) is 3.36. The number of anilines is 1. The van der Waals surface area contributed by atoms with Crippen LogP contribution in [0.5, 0.6) is 11.5 Å². The minimum Gasteiger partial charge on any atom is -0.493 e. The van der Waals surface area contributed by atoms with Gasteiger partial charge < -0.3 is 19.7 Å². The van der Waals surface area contributed by atoms with Crippen LogP contribution in [0.4, 0.5) is 5.69 Å². The van der Waals surface area contributed by atoms with E-state index in [9.17, 15) is 9.59 Å². The maximum absolute atomic E-state index is 12.6. The van der Waals surface area contributed by atoms with Gasteiger partial charge >= 0.3 is 0 Å². The van der Waals surface area contributed by atoms with Crippen LogP contribution >= 0.6 is 11.6 Å². The van der Waals surface area contributed by atoms with Gasteiger partial charge in [-0.2, -0.15) is 0 Å². The number of hydrogen-bond acceptors (Lipinski definition) is 4.